The maximum Gasteiger partial charge on any atom is 0.253 e. The van der Waals surface area contributed by atoms with Gasteiger partial charge < -0.3 is 15.2 Å². The van der Waals surface area contributed by atoms with Crippen LogP contribution in [0.3, 0.4) is 0 Å². The summed E-state index contributed by atoms with van der Waals surface area (Å²) >= 11 is 0. The zero-order valence-electron chi connectivity index (χ0n) is 15.0. The summed E-state index contributed by atoms with van der Waals surface area (Å²) in [5.74, 6) is 0.000142. The molecule has 1 aliphatic rings. The lowest BCUT2D eigenvalue weighted by atomic mass is 10.0. The fourth-order valence-electron chi connectivity index (χ4n) is 3.64. The minimum absolute atomic E-state index is 0.000142. The Hall–Kier alpha value is -2.40. The van der Waals surface area contributed by atoms with Gasteiger partial charge in [-0.15, -0.1) is 0 Å². The molecule has 0 radical (unpaired) electrons. The number of nitrogens with zero attached hydrogens (tertiary/aromatic N) is 2. The molecule has 25 heavy (non-hydrogen) atoms. The Kier molecular flexibility index (Phi) is 3.96. The Balaban J connectivity index is 1.71. The number of para-hydroxylation sites is 1. The van der Waals surface area contributed by atoms with Gasteiger partial charge in [0.1, 0.15) is 5.65 Å². The Morgan fingerprint density at radius 3 is 2.76 bits per heavy atom. The monoisotopic (exact) mass is 336 g/mol. The number of carbonyl (C=O) groups is 1. The Morgan fingerprint density at radius 1 is 1.24 bits per heavy atom. The molecule has 1 aliphatic heterocycles. The van der Waals surface area contributed by atoms with E-state index in [2.05, 4.69) is 46.3 Å². The predicted molar refractivity (Wildman–Crippen MR) is 101 cm³/mol. The molecular weight excluding hydrogens is 312 g/mol. The molecule has 0 atom stereocenters. The third-order valence-electron chi connectivity index (χ3n) is 5.36. The summed E-state index contributed by atoms with van der Waals surface area (Å²) in [7, 11) is 2.13. The van der Waals surface area contributed by atoms with E-state index in [9.17, 15) is 4.79 Å². The van der Waals surface area contributed by atoms with Crippen molar-refractivity contribution in [3.63, 3.8) is 0 Å². The summed E-state index contributed by atoms with van der Waals surface area (Å²) in [6.07, 6.45) is 2.01. The summed E-state index contributed by atoms with van der Waals surface area (Å²) in [6.45, 7) is 6.14. The quantitative estimate of drug-likeness (QED) is 0.756. The molecule has 130 valence electrons. The Labute approximate surface area is 147 Å². The van der Waals surface area contributed by atoms with Crippen LogP contribution in [-0.2, 0) is 0 Å². The first kappa shape index (κ1) is 16.1. The lowest BCUT2D eigenvalue weighted by Gasteiger charge is -2.29. The summed E-state index contributed by atoms with van der Waals surface area (Å²) in [5, 5.41) is 5.34. The highest BCUT2D eigenvalue weighted by Crippen LogP contribution is 2.28. The van der Waals surface area contributed by atoms with E-state index >= 15 is 0 Å². The van der Waals surface area contributed by atoms with E-state index in [0.29, 0.717) is 5.56 Å². The largest absolute Gasteiger partial charge is 0.349 e. The highest BCUT2D eigenvalue weighted by atomic mass is 16.1. The van der Waals surface area contributed by atoms with Gasteiger partial charge in [-0.05, 0) is 64.5 Å². The van der Waals surface area contributed by atoms with Crippen molar-refractivity contribution < 1.29 is 4.79 Å². The number of rotatable bonds is 2. The van der Waals surface area contributed by atoms with Crippen molar-refractivity contribution >= 4 is 27.8 Å². The molecule has 2 aromatic heterocycles. The van der Waals surface area contributed by atoms with Crippen LogP contribution in [0.4, 0.5) is 0 Å². The van der Waals surface area contributed by atoms with Crippen molar-refractivity contribution in [3.05, 3.63) is 41.1 Å². The molecule has 1 amide bonds. The Bertz CT molecular complexity index is 951. The van der Waals surface area contributed by atoms with Gasteiger partial charge in [0, 0.05) is 22.5 Å². The minimum Gasteiger partial charge on any atom is -0.349 e. The van der Waals surface area contributed by atoms with Crippen LogP contribution >= 0.6 is 0 Å². The molecule has 1 aromatic carbocycles. The van der Waals surface area contributed by atoms with Crippen molar-refractivity contribution in [3.8, 4) is 0 Å². The van der Waals surface area contributed by atoms with E-state index in [1.165, 1.54) is 0 Å². The van der Waals surface area contributed by atoms with Crippen LogP contribution in [0.1, 0.15) is 34.5 Å². The second-order valence-electron chi connectivity index (χ2n) is 7.19. The van der Waals surface area contributed by atoms with Crippen LogP contribution in [0.25, 0.3) is 21.9 Å². The van der Waals surface area contributed by atoms with Crippen LogP contribution < -0.4 is 5.32 Å². The molecule has 0 unspecified atom stereocenters. The first-order valence-corrected chi connectivity index (χ1v) is 8.91. The topological polar surface area (TPSA) is 61.0 Å². The molecular formula is C20H24N4O. The number of aromatic nitrogens is 2. The number of piperidine rings is 1. The summed E-state index contributed by atoms with van der Waals surface area (Å²) in [6, 6.07) is 8.30. The molecule has 0 bridgehead atoms. The van der Waals surface area contributed by atoms with E-state index in [4.69, 9.17) is 0 Å². The zero-order chi connectivity index (χ0) is 17.6. The Morgan fingerprint density at radius 2 is 2.00 bits per heavy atom. The molecule has 0 aliphatic carbocycles. The van der Waals surface area contributed by atoms with Gasteiger partial charge in [0.15, 0.2) is 0 Å². The van der Waals surface area contributed by atoms with E-state index in [-0.39, 0.29) is 11.9 Å². The lowest BCUT2D eigenvalue weighted by molar-refractivity contribution is 0.0918. The summed E-state index contributed by atoms with van der Waals surface area (Å²) < 4.78 is 0. The van der Waals surface area contributed by atoms with Crippen LogP contribution in [-0.4, -0.2) is 47.0 Å². The number of pyridine rings is 1. The van der Waals surface area contributed by atoms with Crippen molar-refractivity contribution in [2.45, 2.75) is 32.7 Å². The number of hydrogen-bond acceptors (Lipinski definition) is 3. The second kappa shape index (κ2) is 6.15. The van der Waals surface area contributed by atoms with Gasteiger partial charge in [-0.25, -0.2) is 4.98 Å². The number of H-pyrrole nitrogens is 1. The number of nitrogens with one attached hydrogen (secondary N) is 2. The van der Waals surface area contributed by atoms with Gasteiger partial charge in [0.2, 0.25) is 0 Å². The minimum atomic E-state index is 0.000142. The van der Waals surface area contributed by atoms with Gasteiger partial charge in [0.05, 0.1) is 11.1 Å². The van der Waals surface area contributed by atoms with Crippen molar-refractivity contribution in [2.24, 2.45) is 0 Å². The number of benzene rings is 1. The van der Waals surface area contributed by atoms with Gasteiger partial charge >= 0.3 is 0 Å². The second-order valence-corrected chi connectivity index (χ2v) is 7.19. The molecule has 0 saturated carbocycles. The van der Waals surface area contributed by atoms with E-state index in [1.807, 2.05) is 19.1 Å². The molecule has 0 spiro atoms. The predicted octanol–water partition coefficient (Wildman–Crippen LogP) is 3.16. The number of aryl methyl sites for hydroxylation is 2. The highest BCUT2D eigenvalue weighted by molar-refractivity contribution is 6.14. The third kappa shape index (κ3) is 2.89. The molecule has 4 rings (SSSR count). The van der Waals surface area contributed by atoms with Crippen molar-refractivity contribution in [2.75, 3.05) is 20.1 Å². The molecule has 1 saturated heterocycles. The summed E-state index contributed by atoms with van der Waals surface area (Å²) in [4.78, 5) is 23.2. The SMILES string of the molecule is Cc1cc2c(nc1C)[nH]c1c(C(=O)NC3CCN(C)CC3)cccc12. The number of amides is 1. The van der Waals surface area contributed by atoms with Crippen molar-refractivity contribution in [1.29, 1.82) is 0 Å². The normalized spacial score (nSPS) is 16.6. The number of aromatic amines is 1. The fraction of sp³-hybridized carbons (Fsp3) is 0.400. The van der Waals surface area contributed by atoms with E-state index in [1.54, 1.807) is 0 Å². The number of fused-ring (bicyclic) bond motifs is 3. The molecule has 3 aromatic rings. The average Bonchev–Trinajstić information content (AvgIpc) is 2.94. The molecule has 3 heterocycles. The highest BCUT2D eigenvalue weighted by Gasteiger charge is 2.21. The van der Waals surface area contributed by atoms with E-state index < -0.39 is 0 Å². The standard InChI is InChI=1S/C20H24N4O/c1-12-11-17-15-5-4-6-16(18(15)23-19(17)21-13(12)2)20(25)22-14-7-9-24(3)10-8-14/h4-6,11,14H,7-10H2,1-3H3,(H,21,23)(H,22,25). The molecule has 1 fully saturated rings. The third-order valence-corrected chi connectivity index (χ3v) is 5.36. The molecule has 2 N–H and O–H groups in total. The smallest absolute Gasteiger partial charge is 0.253 e. The van der Waals surface area contributed by atoms with Crippen LogP contribution in [0.2, 0.25) is 0 Å². The van der Waals surface area contributed by atoms with Gasteiger partial charge in [-0.1, -0.05) is 12.1 Å². The number of likely N-dealkylation sites (tertiary alicyclic amines) is 1. The summed E-state index contributed by atoms with van der Waals surface area (Å²) in [5.41, 5.74) is 4.59. The average molecular weight is 336 g/mol. The zero-order valence-corrected chi connectivity index (χ0v) is 15.0. The van der Waals surface area contributed by atoms with Crippen LogP contribution in [0.5, 0.6) is 0 Å². The van der Waals surface area contributed by atoms with Crippen LogP contribution in [0.15, 0.2) is 24.3 Å². The lowest BCUT2D eigenvalue weighted by Crippen LogP contribution is -2.43. The van der Waals surface area contributed by atoms with Crippen molar-refractivity contribution in [1.82, 2.24) is 20.2 Å². The maximum absolute atomic E-state index is 12.9. The van der Waals surface area contributed by atoms with Gasteiger partial charge in [-0.2, -0.15) is 0 Å². The molecule has 5 heteroatoms. The first-order valence-electron chi connectivity index (χ1n) is 8.91. The van der Waals surface area contributed by atoms with Gasteiger partial charge in [-0.3, -0.25) is 4.79 Å². The molecule has 5 nitrogen and oxygen atoms in total. The first-order chi connectivity index (χ1) is 12.0. The van der Waals surface area contributed by atoms with E-state index in [0.717, 1.165) is 59.1 Å². The van der Waals surface area contributed by atoms with Crippen LogP contribution in [0, 0.1) is 13.8 Å². The fourth-order valence-corrected chi connectivity index (χ4v) is 3.64. The maximum atomic E-state index is 12.9. The number of carbonyl (C=O) groups excluding carboxylic acids is 1. The number of hydrogen-bond donors (Lipinski definition) is 2. The van der Waals surface area contributed by atoms with Gasteiger partial charge in [0.25, 0.3) is 5.91 Å².